The van der Waals surface area contributed by atoms with Gasteiger partial charge < -0.3 is 4.74 Å². The number of benzene rings is 1. The van der Waals surface area contributed by atoms with Crippen molar-refractivity contribution < 1.29 is 22.7 Å². The van der Waals surface area contributed by atoms with E-state index < -0.39 is 35.6 Å². The van der Waals surface area contributed by atoms with Crippen molar-refractivity contribution in [3.8, 4) is 12.3 Å². The molecule has 1 saturated carbocycles. The molecule has 0 bridgehead atoms. The largest absolute Gasteiger partial charge is 0.460 e. The average molecular weight is 350 g/mol. The second-order valence-corrected chi connectivity index (χ2v) is 6.86. The number of ether oxygens (including phenoxy) is 1. The van der Waals surface area contributed by atoms with Gasteiger partial charge >= 0.3 is 5.97 Å². The number of hydrogen-bond acceptors (Lipinski definition) is 2. The fourth-order valence-corrected chi connectivity index (χ4v) is 3.24. The van der Waals surface area contributed by atoms with Crippen molar-refractivity contribution in [2.75, 3.05) is 0 Å². The van der Waals surface area contributed by atoms with Crippen molar-refractivity contribution in [1.29, 1.82) is 0 Å². The predicted octanol–water partition coefficient (Wildman–Crippen LogP) is 4.48. The Labute approximate surface area is 146 Å². The van der Waals surface area contributed by atoms with E-state index in [4.69, 9.17) is 11.2 Å². The van der Waals surface area contributed by atoms with Gasteiger partial charge in [0.2, 0.25) is 0 Å². The SMILES string of the molecule is C#CCc1c(F)c(C)c(COC(=O)[C@@H]2[C@@H](C=CC)C2(C)C)c(F)c1F. The summed E-state index contributed by atoms with van der Waals surface area (Å²) in [5, 5.41) is 0. The van der Waals surface area contributed by atoms with Gasteiger partial charge in [-0.05, 0) is 30.7 Å². The van der Waals surface area contributed by atoms with Crippen molar-refractivity contribution in [3.63, 3.8) is 0 Å². The van der Waals surface area contributed by atoms with Crippen LogP contribution in [0.2, 0.25) is 0 Å². The number of carbonyl (C=O) groups is 1. The Morgan fingerprint density at radius 1 is 1.24 bits per heavy atom. The van der Waals surface area contributed by atoms with Crippen LogP contribution in [0.5, 0.6) is 0 Å². The third-order valence-corrected chi connectivity index (χ3v) is 4.97. The lowest BCUT2D eigenvalue weighted by atomic mass is 10.0. The summed E-state index contributed by atoms with van der Waals surface area (Å²) in [7, 11) is 0. The van der Waals surface area contributed by atoms with Crippen LogP contribution >= 0.6 is 0 Å². The van der Waals surface area contributed by atoms with Crippen LogP contribution in [-0.2, 0) is 22.6 Å². The molecule has 2 rings (SSSR count). The molecule has 2 atom stereocenters. The molecule has 5 heteroatoms. The monoisotopic (exact) mass is 350 g/mol. The fourth-order valence-electron chi connectivity index (χ4n) is 3.24. The Morgan fingerprint density at radius 2 is 1.84 bits per heavy atom. The third kappa shape index (κ3) is 3.30. The molecule has 0 aromatic heterocycles. The molecule has 1 fully saturated rings. The minimum absolute atomic E-state index is 0.0439. The smallest absolute Gasteiger partial charge is 0.310 e. The minimum atomic E-state index is -1.33. The van der Waals surface area contributed by atoms with Crippen LogP contribution in [0.1, 0.15) is 37.5 Å². The molecule has 1 aromatic carbocycles. The molecule has 2 nitrogen and oxygen atoms in total. The molecule has 134 valence electrons. The number of terminal acetylenes is 1. The number of rotatable bonds is 5. The molecule has 0 amide bonds. The van der Waals surface area contributed by atoms with Crippen LogP contribution in [0.25, 0.3) is 0 Å². The first-order valence-corrected chi connectivity index (χ1v) is 8.06. The van der Waals surface area contributed by atoms with E-state index in [9.17, 15) is 18.0 Å². The molecule has 1 aliphatic rings. The highest BCUT2D eigenvalue weighted by molar-refractivity contribution is 5.78. The molecular formula is C20H21F3O2. The van der Waals surface area contributed by atoms with Crippen LogP contribution in [0.3, 0.4) is 0 Å². The van der Waals surface area contributed by atoms with Gasteiger partial charge in [0, 0.05) is 17.5 Å². The summed E-state index contributed by atoms with van der Waals surface area (Å²) in [6.07, 6.45) is 8.49. The van der Waals surface area contributed by atoms with Crippen LogP contribution in [0.15, 0.2) is 12.2 Å². The quantitative estimate of drug-likeness (QED) is 0.339. The molecule has 1 aromatic rings. The van der Waals surface area contributed by atoms with Crippen molar-refractivity contribution in [1.82, 2.24) is 0 Å². The van der Waals surface area contributed by atoms with E-state index in [0.29, 0.717) is 0 Å². The highest BCUT2D eigenvalue weighted by atomic mass is 19.2. The average Bonchev–Trinajstić information content (AvgIpc) is 3.10. The van der Waals surface area contributed by atoms with E-state index in [2.05, 4.69) is 5.92 Å². The van der Waals surface area contributed by atoms with Gasteiger partial charge in [-0.1, -0.05) is 26.0 Å². The van der Waals surface area contributed by atoms with E-state index in [1.165, 1.54) is 6.92 Å². The Balaban J connectivity index is 2.20. The van der Waals surface area contributed by atoms with E-state index in [1.54, 1.807) is 0 Å². The molecule has 25 heavy (non-hydrogen) atoms. The number of hydrogen-bond donors (Lipinski definition) is 0. The van der Waals surface area contributed by atoms with Gasteiger partial charge in [0.15, 0.2) is 11.6 Å². The third-order valence-electron chi connectivity index (χ3n) is 4.97. The summed E-state index contributed by atoms with van der Waals surface area (Å²) in [6.45, 7) is 6.52. The second-order valence-electron chi connectivity index (χ2n) is 6.86. The fraction of sp³-hybridized carbons (Fsp3) is 0.450. The molecule has 0 heterocycles. The Morgan fingerprint density at radius 3 is 2.40 bits per heavy atom. The molecule has 0 N–H and O–H groups in total. The van der Waals surface area contributed by atoms with Gasteiger partial charge in [-0.25, -0.2) is 13.2 Å². The first kappa shape index (κ1) is 19.1. The minimum Gasteiger partial charge on any atom is -0.460 e. The maximum absolute atomic E-state index is 14.2. The van der Waals surface area contributed by atoms with E-state index >= 15 is 0 Å². The highest BCUT2D eigenvalue weighted by Gasteiger charge is 2.61. The normalized spacial score (nSPS) is 21.2. The van der Waals surface area contributed by atoms with Gasteiger partial charge in [-0.15, -0.1) is 12.3 Å². The summed E-state index contributed by atoms with van der Waals surface area (Å²) in [5.74, 6) is -2.15. The van der Waals surface area contributed by atoms with Gasteiger partial charge in [0.25, 0.3) is 0 Å². The van der Waals surface area contributed by atoms with E-state index in [-0.39, 0.29) is 34.8 Å². The molecule has 0 saturated heterocycles. The first-order chi connectivity index (χ1) is 11.7. The molecule has 0 spiro atoms. The molecule has 0 aliphatic heterocycles. The topological polar surface area (TPSA) is 26.3 Å². The van der Waals surface area contributed by atoms with Crippen molar-refractivity contribution >= 4 is 5.97 Å². The molecule has 1 aliphatic carbocycles. The number of allylic oxidation sites excluding steroid dienone is 2. The summed E-state index contributed by atoms with van der Waals surface area (Å²) in [5.41, 5.74) is -1.13. The van der Waals surface area contributed by atoms with Gasteiger partial charge in [0.05, 0.1) is 5.92 Å². The Bertz CT molecular complexity index is 743. The standard InChI is InChI=1S/C20H21F3O2/c1-6-8-12-16(21)11(3)13(18(23)17(12)22)10-25-19(24)15-14(9-7-2)20(15,4)5/h1,7,9,14-15H,8,10H2,2-5H3/t14-,15+/m1/s1. The first-order valence-electron chi connectivity index (χ1n) is 8.06. The lowest BCUT2D eigenvalue weighted by molar-refractivity contribution is -0.147. The van der Waals surface area contributed by atoms with E-state index in [0.717, 1.165) is 0 Å². The van der Waals surface area contributed by atoms with Gasteiger partial charge in [-0.3, -0.25) is 4.79 Å². The lowest BCUT2D eigenvalue weighted by Gasteiger charge is -2.13. The van der Waals surface area contributed by atoms with Gasteiger partial charge in [-0.2, -0.15) is 0 Å². The zero-order chi connectivity index (χ0) is 18.9. The summed E-state index contributed by atoms with van der Waals surface area (Å²) >= 11 is 0. The summed E-state index contributed by atoms with van der Waals surface area (Å²) < 4.78 is 47.6. The molecule has 0 unspecified atom stereocenters. The van der Waals surface area contributed by atoms with Crippen molar-refractivity contribution in [2.45, 2.75) is 40.7 Å². The zero-order valence-corrected chi connectivity index (χ0v) is 14.8. The Hall–Kier alpha value is -2.22. The van der Waals surface area contributed by atoms with Crippen molar-refractivity contribution in [3.05, 3.63) is 46.3 Å². The number of halogens is 3. The molecule has 0 radical (unpaired) electrons. The number of esters is 1. The summed E-state index contributed by atoms with van der Waals surface area (Å²) in [6, 6.07) is 0. The van der Waals surface area contributed by atoms with Gasteiger partial charge in [0.1, 0.15) is 12.4 Å². The Kier molecular flexibility index (Phi) is 5.31. The van der Waals surface area contributed by atoms with Crippen LogP contribution in [0.4, 0.5) is 13.2 Å². The second kappa shape index (κ2) is 6.95. The maximum Gasteiger partial charge on any atom is 0.310 e. The van der Waals surface area contributed by atoms with Crippen molar-refractivity contribution in [2.24, 2.45) is 17.3 Å². The zero-order valence-electron chi connectivity index (χ0n) is 14.8. The van der Waals surface area contributed by atoms with Crippen LogP contribution in [-0.4, -0.2) is 5.97 Å². The maximum atomic E-state index is 14.2. The number of carbonyl (C=O) groups excluding carboxylic acids is 1. The van der Waals surface area contributed by atoms with Crippen LogP contribution < -0.4 is 0 Å². The predicted molar refractivity (Wildman–Crippen MR) is 89.0 cm³/mol. The highest BCUT2D eigenvalue weighted by Crippen LogP contribution is 2.59. The van der Waals surface area contributed by atoms with Crippen LogP contribution in [0, 0.1) is 54.0 Å². The lowest BCUT2D eigenvalue weighted by Crippen LogP contribution is -2.14. The molecular weight excluding hydrogens is 329 g/mol. The summed E-state index contributed by atoms with van der Waals surface area (Å²) in [4.78, 5) is 12.2. The van der Waals surface area contributed by atoms with E-state index in [1.807, 2.05) is 32.9 Å².